The van der Waals surface area contributed by atoms with E-state index in [0.29, 0.717) is 28.7 Å². The molecule has 0 spiro atoms. The van der Waals surface area contributed by atoms with Gasteiger partial charge in [-0.2, -0.15) is 0 Å². The van der Waals surface area contributed by atoms with Gasteiger partial charge in [0.25, 0.3) is 5.69 Å². The summed E-state index contributed by atoms with van der Waals surface area (Å²) >= 11 is 5.47. The lowest BCUT2D eigenvalue weighted by molar-refractivity contribution is -0.384. The van der Waals surface area contributed by atoms with E-state index >= 15 is 0 Å². The number of furan rings is 1. The van der Waals surface area contributed by atoms with E-state index < -0.39 is 4.92 Å². The summed E-state index contributed by atoms with van der Waals surface area (Å²) in [5.74, 6) is 1.15. The van der Waals surface area contributed by atoms with Crippen molar-refractivity contribution in [2.75, 3.05) is 13.2 Å². The molecule has 0 radical (unpaired) electrons. The number of rotatable bonds is 6. The molecule has 4 rings (SSSR count). The topological polar surface area (TPSA) is 105 Å². The normalized spacial score (nSPS) is 18.7. The fourth-order valence-corrected chi connectivity index (χ4v) is 3.83. The first kappa shape index (κ1) is 19.0. The zero-order valence-electron chi connectivity index (χ0n) is 15.3. The lowest BCUT2D eigenvalue weighted by atomic mass is 10.0. The van der Waals surface area contributed by atoms with Gasteiger partial charge in [-0.15, -0.1) is 0 Å². The van der Waals surface area contributed by atoms with Crippen LogP contribution in [0.3, 0.4) is 0 Å². The number of benzene rings is 1. The Hall–Kier alpha value is -3.30. The maximum absolute atomic E-state index is 11.1. The molecule has 29 heavy (non-hydrogen) atoms. The summed E-state index contributed by atoms with van der Waals surface area (Å²) in [6.45, 7) is 0.276. The smallest absolute Gasteiger partial charge is 0.270 e. The summed E-state index contributed by atoms with van der Waals surface area (Å²) in [4.78, 5) is 16.9. The van der Waals surface area contributed by atoms with Gasteiger partial charge in [0.05, 0.1) is 23.3 Å². The van der Waals surface area contributed by atoms with Crippen molar-refractivity contribution in [1.29, 1.82) is 0 Å². The van der Waals surface area contributed by atoms with E-state index in [1.165, 1.54) is 12.1 Å². The van der Waals surface area contributed by atoms with Crippen LogP contribution in [0.1, 0.15) is 23.5 Å². The van der Waals surface area contributed by atoms with Crippen LogP contribution in [0.2, 0.25) is 0 Å². The Morgan fingerprint density at radius 1 is 1.24 bits per heavy atom. The summed E-state index contributed by atoms with van der Waals surface area (Å²) in [7, 11) is 0. The number of nitro groups is 1. The van der Waals surface area contributed by atoms with Crippen LogP contribution in [0.4, 0.5) is 5.69 Å². The molecule has 0 aliphatic carbocycles. The van der Waals surface area contributed by atoms with Crippen LogP contribution in [-0.4, -0.2) is 38.2 Å². The number of thiocarbonyl (C=S) groups is 1. The largest absolute Gasteiger partial charge is 0.459 e. The molecule has 1 aliphatic rings. The third-order valence-electron chi connectivity index (χ3n) is 4.80. The van der Waals surface area contributed by atoms with Crippen LogP contribution >= 0.6 is 12.2 Å². The van der Waals surface area contributed by atoms with E-state index in [9.17, 15) is 15.2 Å². The van der Waals surface area contributed by atoms with Crippen LogP contribution in [-0.2, 0) is 0 Å². The fourth-order valence-electron chi connectivity index (χ4n) is 3.50. The van der Waals surface area contributed by atoms with Gasteiger partial charge in [0, 0.05) is 30.4 Å². The predicted octanol–water partition coefficient (Wildman–Crippen LogP) is 3.21. The van der Waals surface area contributed by atoms with Gasteiger partial charge < -0.3 is 19.7 Å². The first-order chi connectivity index (χ1) is 14.1. The van der Waals surface area contributed by atoms with Crippen molar-refractivity contribution in [1.82, 2.24) is 15.2 Å². The van der Waals surface area contributed by atoms with Gasteiger partial charge in [0.1, 0.15) is 17.6 Å². The van der Waals surface area contributed by atoms with Gasteiger partial charge in [-0.05, 0) is 36.5 Å². The minimum Gasteiger partial charge on any atom is -0.459 e. The first-order valence-electron chi connectivity index (χ1n) is 9.02. The van der Waals surface area contributed by atoms with Crippen LogP contribution in [0.15, 0.2) is 65.2 Å². The van der Waals surface area contributed by atoms with Crippen LogP contribution in [0, 0.1) is 10.1 Å². The predicted molar refractivity (Wildman–Crippen MR) is 110 cm³/mol. The molecule has 3 heterocycles. The number of aliphatic hydroxyl groups is 1. The van der Waals surface area contributed by atoms with Crippen molar-refractivity contribution in [3.8, 4) is 11.3 Å². The van der Waals surface area contributed by atoms with Gasteiger partial charge in [-0.1, -0.05) is 18.2 Å². The Balaban J connectivity index is 1.72. The number of non-ortho nitro benzene ring substituents is 1. The lowest BCUT2D eigenvalue weighted by Gasteiger charge is -2.25. The molecule has 3 aromatic rings. The monoisotopic (exact) mass is 410 g/mol. The SMILES string of the molecule is O=[N+]([O-])c1cccc(-c2ccc(C3C(c4ccccn4)NC(=S)N3CCO)o2)c1. The Labute approximate surface area is 171 Å². The molecule has 1 saturated heterocycles. The van der Waals surface area contributed by atoms with E-state index in [4.69, 9.17) is 16.6 Å². The summed E-state index contributed by atoms with van der Waals surface area (Å²) in [6, 6.07) is 15.0. The number of hydrogen-bond acceptors (Lipinski definition) is 6. The molecule has 1 aromatic carbocycles. The maximum Gasteiger partial charge on any atom is 0.270 e. The molecule has 1 fully saturated rings. The highest BCUT2D eigenvalue weighted by Gasteiger charge is 2.41. The highest BCUT2D eigenvalue weighted by Crippen LogP contribution is 2.40. The number of nitro benzene ring substituents is 1. The van der Waals surface area contributed by atoms with E-state index in [-0.39, 0.29) is 24.4 Å². The summed E-state index contributed by atoms with van der Waals surface area (Å²) in [5.41, 5.74) is 1.41. The number of hydrogen-bond donors (Lipinski definition) is 2. The Kier molecular flexibility index (Phi) is 5.24. The van der Waals surface area contributed by atoms with Crippen LogP contribution < -0.4 is 5.32 Å². The molecular formula is C20H18N4O4S. The van der Waals surface area contributed by atoms with E-state index in [1.54, 1.807) is 24.4 Å². The van der Waals surface area contributed by atoms with Crippen molar-refractivity contribution in [2.24, 2.45) is 0 Å². The Morgan fingerprint density at radius 2 is 2.10 bits per heavy atom. The number of nitrogens with zero attached hydrogens (tertiary/aromatic N) is 3. The first-order valence-corrected chi connectivity index (χ1v) is 9.43. The zero-order chi connectivity index (χ0) is 20.4. The minimum absolute atomic E-state index is 0.00238. The van der Waals surface area contributed by atoms with Gasteiger partial charge in [0.15, 0.2) is 5.11 Å². The van der Waals surface area contributed by atoms with Crippen molar-refractivity contribution >= 4 is 23.0 Å². The second-order valence-corrected chi connectivity index (χ2v) is 6.94. The molecule has 2 N–H and O–H groups in total. The third-order valence-corrected chi connectivity index (χ3v) is 5.15. The molecular weight excluding hydrogens is 392 g/mol. The molecule has 148 valence electrons. The zero-order valence-corrected chi connectivity index (χ0v) is 16.1. The van der Waals surface area contributed by atoms with Gasteiger partial charge in [-0.25, -0.2) is 0 Å². The quantitative estimate of drug-likeness (QED) is 0.363. The molecule has 2 atom stereocenters. The summed E-state index contributed by atoms with van der Waals surface area (Å²) < 4.78 is 6.09. The van der Waals surface area contributed by atoms with Crippen molar-refractivity contribution in [3.05, 3.63) is 82.4 Å². The van der Waals surface area contributed by atoms with Crippen LogP contribution in [0.25, 0.3) is 11.3 Å². The Morgan fingerprint density at radius 3 is 2.83 bits per heavy atom. The number of aromatic nitrogens is 1. The Bertz CT molecular complexity index is 1040. The van der Waals surface area contributed by atoms with Crippen molar-refractivity contribution < 1.29 is 14.4 Å². The molecule has 0 bridgehead atoms. The third kappa shape index (κ3) is 3.69. The number of nitrogens with one attached hydrogen (secondary N) is 1. The van der Waals surface area contributed by atoms with E-state index in [2.05, 4.69) is 10.3 Å². The standard InChI is InChI=1S/C20H18N4O4S/c25-11-10-23-19(18(22-20(23)29)15-6-1-2-9-21-15)17-8-7-16(28-17)13-4-3-5-14(12-13)24(26)27/h1-9,12,18-19,25H,10-11H2,(H,22,29). The van der Waals surface area contributed by atoms with E-state index in [0.717, 1.165) is 5.69 Å². The molecule has 0 amide bonds. The molecule has 8 nitrogen and oxygen atoms in total. The number of β-amino-alcohol motifs (C(OH)–C–C–N with tert-alkyl or cyclic N) is 1. The maximum atomic E-state index is 11.1. The number of pyridine rings is 1. The second-order valence-electron chi connectivity index (χ2n) is 6.55. The highest BCUT2D eigenvalue weighted by atomic mass is 32.1. The highest BCUT2D eigenvalue weighted by molar-refractivity contribution is 7.80. The van der Waals surface area contributed by atoms with Crippen molar-refractivity contribution in [3.63, 3.8) is 0 Å². The van der Waals surface area contributed by atoms with Gasteiger partial charge in [0.2, 0.25) is 0 Å². The molecule has 2 unspecified atom stereocenters. The van der Waals surface area contributed by atoms with Gasteiger partial charge in [-0.3, -0.25) is 15.1 Å². The number of aliphatic hydroxyl groups excluding tert-OH is 1. The summed E-state index contributed by atoms with van der Waals surface area (Å²) in [5, 5.41) is 24.3. The summed E-state index contributed by atoms with van der Waals surface area (Å²) in [6.07, 6.45) is 1.71. The molecule has 9 heteroatoms. The molecule has 1 aliphatic heterocycles. The minimum atomic E-state index is -0.438. The molecule has 0 saturated carbocycles. The second kappa shape index (κ2) is 7.98. The van der Waals surface area contributed by atoms with E-state index in [1.807, 2.05) is 29.2 Å². The lowest BCUT2D eigenvalue weighted by Crippen LogP contribution is -2.32. The van der Waals surface area contributed by atoms with Crippen molar-refractivity contribution in [2.45, 2.75) is 12.1 Å². The average Bonchev–Trinajstić information content (AvgIpc) is 3.34. The van der Waals surface area contributed by atoms with Gasteiger partial charge >= 0.3 is 0 Å². The fraction of sp³-hybridized carbons (Fsp3) is 0.200. The van der Waals surface area contributed by atoms with Crippen LogP contribution in [0.5, 0.6) is 0 Å². The molecule has 2 aromatic heterocycles. The average molecular weight is 410 g/mol.